The number of hydrogen-bond acceptors (Lipinski definition) is 6. The summed E-state index contributed by atoms with van der Waals surface area (Å²) in [5.41, 5.74) is 5.14. The number of carbonyl (C=O) groups excluding carboxylic acids is 1. The molecule has 0 aliphatic carbocycles. The molecule has 3 N–H and O–H groups in total. The highest BCUT2D eigenvalue weighted by Crippen LogP contribution is 2.43. The molecule has 0 saturated heterocycles. The number of phosphoric acid groups is 1. The van der Waals surface area contributed by atoms with E-state index in [2.05, 4.69) is 11.4 Å². The maximum atomic E-state index is 11.5. The van der Waals surface area contributed by atoms with Gasteiger partial charge in [-0.2, -0.15) is 0 Å². The fourth-order valence-corrected chi connectivity index (χ4v) is 3.89. The summed E-state index contributed by atoms with van der Waals surface area (Å²) in [6.07, 6.45) is 20.0. The average molecular weight is 437 g/mol. The Balaban J connectivity index is 3.31. The van der Waals surface area contributed by atoms with Gasteiger partial charge in [0.25, 0.3) is 0 Å². The summed E-state index contributed by atoms with van der Waals surface area (Å²) in [6.45, 7) is 1.74. The van der Waals surface area contributed by atoms with Crippen LogP contribution in [0.2, 0.25) is 0 Å². The molecule has 0 bridgehead atoms. The Labute approximate surface area is 177 Å². The van der Waals surface area contributed by atoms with Crippen LogP contribution in [0.3, 0.4) is 0 Å². The molecule has 0 saturated carbocycles. The second-order valence-electron chi connectivity index (χ2n) is 7.83. The van der Waals surface area contributed by atoms with E-state index in [9.17, 15) is 19.4 Å². The van der Waals surface area contributed by atoms with Gasteiger partial charge in [-0.15, -0.1) is 0 Å². The third kappa shape index (κ3) is 20.6. The molecule has 174 valence electrons. The number of hydrogen-bond donors (Lipinski definition) is 2. The molecule has 0 aliphatic rings. The van der Waals surface area contributed by atoms with E-state index in [4.69, 9.17) is 10.3 Å². The van der Waals surface area contributed by atoms with Gasteiger partial charge >= 0.3 is 7.82 Å². The third-order valence-corrected chi connectivity index (χ3v) is 5.96. The molecule has 0 aromatic heterocycles. The van der Waals surface area contributed by atoms with E-state index in [0.717, 1.165) is 12.8 Å². The predicted molar refractivity (Wildman–Crippen MR) is 114 cm³/mol. The van der Waals surface area contributed by atoms with E-state index in [1.807, 2.05) is 0 Å². The van der Waals surface area contributed by atoms with Crippen LogP contribution in [-0.4, -0.2) is 30.1 Å². The van der Waals surface area contributed by atoms with Crippen molar-refractivity contribution in [2.24, 2.45) is 5.73 Å². The minimum absolute atomic E-state index is 0.104. The highest BCUT2D eigenvalue weighted by Gasteiger charge is 2.22. The zero-order chi connectivity index (χ0) is 21.8. The van der Waals surface area contributed by atoms with E-state index in [1.165, 1.54) is 83.5 Å². The van der Waals surface area contributed by atoms with Gasteiger partial charge in [-0.05, 0) is 6.42 Å². The smallest absolute Gasteiger partial charge is 0.472 e. The monoisotopic (exact) mass is 436 g/mol. The van der Waals surface area contributed by atoms with Crippen LogP contribution < -0.4 is 10.8 Å². The van der Waals surface area contributed by atoms with Crippen LogP contribution in [0, 0.1) is 0 Å². The van der Waals surface area contributed by atoms with Crippen molar-refractivity contribution in [3.8, 4) is 0 Å². The number of phosphoric ester groups is 1. The molecule has 7 nitrogen and oxygen atoms in total. The van der Waals surface area contributed by atoms with E-state index in [1.54, 1.807) is 0 Å². The lowest BCUT2D eigenvalue weighted by Gasteiger charge is -2.16. The largest absolute Gasteiger partial charge is 0.548 e. The van der Waals surface area contributed by atoms with Gasteiger partial charge in [-0.3, -0.25) is 9.05 Å². The summed E-state index contributed by atoms with van der Waals surface area (Å²) in [7, 11) is -4.25. The molecular weight excluding hydrogens is 393 g/mol. The van der Waals surface area contributed by atoms with Crippen molar-refractivity contribution in [3.63, 3.8) is 0 Å². The highest BCUT2D eigenvalue weighted by molar-refractivity contribution is 7.47. The topological polar surface area (TPSA) is 122 Å². The maximum absolute atomic E-state index is 11.5. The standard InChI is InChI=1S/C21H44NO6P/c1-2-3-4-5-6-7-8-9-10-11-12-13-14-15-16-17-18-27-29(25,26)28-19-20(22)21(23)24/h20H,2-19,22H2,1H3,(H,23,24)(H,25,26)/p-1/t20-/m0/s1. The van der Waals surface area contributed by atoms with Gasteiger partial charge in [-0.25, -0.2) is 4.57 Å². The Kier molecular flexibility index (Phi) is 19.2. The predicted octanol–water partition coefficient (Wildman–Crippen LogP) is 4.46. The number of nitrogens with two attached hydrogens (primary N) is 1. The molecule has 0 rings (SSSR count). The number of rotatable bonds is 22. The zero-order valence-corrected chi connectivity index (χ0v) is 19.2. The summed E-state index contributed by atoms with van der Waals surface area (Å²) in [5.74, 6) is -1.54. The van der Waals surface area contributed by atoms with E-state index >= 15 is 0 Å². The van der Waals surface area contributed by atoms with E-state index in [0.29, 0.717) is 6.42 Å². The second-order valence-corrected chi connectivity index (χ2v) is 9.28. The Hall–Kier alpha value is -0.460. The van der Waals surface area contributed by atoms with Gasteiger partial charge in [-0.1, -0.05) is 103 Å². The molecule has 0 aliphatic heterocycles. The first-order chi connectivity index (χ1) is 13.9. The van der Waals surface area contributed by atoms with Crippen molar-refractivity contribution in [1.82, 2.24) is 0 Å². The summed E-state index contributed by atoms with van der Waals surface area (Å²) < 4.78 is 20.9. The van der Waals surface area contributed by atoms with Crippen molar-refractivity contribution in [2.45, 2.75) is 116 Å². The fraction of sp³-hybridized carbons (Fsp3) is 0.952. The molecule has 1 unspecified atom stereocenters. The van der Waals surface area contributed by atoms with Gasteiger partial charge in [0.05, 0.1) is 25.2 Å². The maximum Gasteiger partial charge on any atom is 0.472 e. The normalized spacial score (nSPS) is 14.6. The molecule has 0 spiro atoms. The molecule has 2 atom stereocenters. The van der Waals surface area contributed by atoms with Gasteiger partial charge in [0.2, 0.25) is 0 Å². The molecule has 0 radical (unpaired) electrons. The molecule has 0 aromatic rings. The van der Waals surface area contributed by atoms with Crippen LogP contribution in [-0.2, 0) is 18.4 Å². The molecule has 8 heteroatoms. The quantitative estimate of drug-likeness (QED) is 0.190. The SMILES string of the molecule is CCCCCCCCCCCCCCCCCCOP(=O)(O)OC[C@H](N)C(=O)[O-]. The van der Waals surface area contributed by atoms with Crippen LogP contribution >= 0.6 is 7.82 Å². The summed E-state index contributed by atoms with van der Waals surface area (Å²) >= 11 is 0. The average Bonchev–Trinajstić information content (AvgIpc) is 2.68. The molecule has 0 fully saturated rings. The fourth-order valence-electron chi connectivity index (χ4n) is 3.11. The molecular formula is C21H43NO6P-. The van der Waals surface area contributed by atoms with Crippen molar-refractivity contribution in [3.05, 3.63) is 0 Å². The summed E-state index contributed by atoms with van der Waals surface area (Å²) in [5, 5.41) is 10.4. The Morgan fingerprint density at radius 2 is 1.21 bits per heavy atom. The van der Waals surface area contributed by atoms with Crippen LogP contribution in [0.25, 0.3) is 0 Å². The number of carboxylic acid groups (broad SMARTS) is 1. The Morgan fingerprint density at radius 3 is 1.59 bits per heavy atom. The molecule has 0 amide bonds. The van der Waals surface area contributed by atoms with E-state index < -0.39 is 26.4 Å². The summed E-state index contributed by atoms with van der Waals surface area (Å²) in [4.78, 5) is 19.8. The lowest BCUT2D eigenvalue weighted by Crippen LogP contribution is -2.44. The van der Waals surface area contributed by atoms with Crippen molar-refractivity contribution in [2.75, 3.05) is 13.2 Å². The minimum Gasteiger partial charge on any atom is -0.548 e. The second kappa shape index (κ2) is 19.5. The molecule has 0 heterocycles. The van der Waals surface area contributed by atoms with Crippen LogP contribution in [0.4, 0.5) is 0 Å². The highest BCUT2D eigenvalue weighted by atomic mass is 31.2. The van der Waals surface area contributed by atoms with Crippen LogP contribution in [0.1, 0.15) is 110 Å². The van der Waals surface area contributed by atoms with Crippen LogP contribution in [0.5, 0.6) is 0 Å². The number of unbranched alkanes of at least 4 members (excludes halogenated alkanes) is 15. The lowest BCUT2D eigenvalue weighted by molar-refractivity contribution is -0.307. The van der Waals surface area contributed by atoms with Crippen LogP contribution in [0.15, 0.2) is 0 Å². The van der Waals surface area contributed by atoms with Gasteiger partial charge < -0.3 is 20.5 Å². The summed E-state index contributed by atoms with van der Waals surface area (Å²) in [6, 6.07) is -1.45. The first kappa shape index (κ1) is 28.5. The number of carbonyl (C=O) groups is 1. The van der Waals surface area contributed by atoms with Gasteiger partial charge in [0.1, 0.15) is 0 Å². The minimum atomic E-state index is -4.25. The van der Waals surface area contributed by atoms with Gasteiger partial charge in [0, 0.05) is 0 Å². The van der Waals surface area contributed by atoms with Crippen molar-refractivity contribution < 1.29 is 28.4 Å². The first-order valence-corrected chi connectivity index (χ1v) is 13.0. The first-order valence-electron chi connectivity index (χ1n) is 11.5. The number of carboxylic acids is 1. The molecule has 29 heavy (non-hydrogen) atoms. The Bertz CT molecular complexity index is 435. The Morgan fingerprint density at radius 1 is 0.828 bits per heavy atom. The van der Waals surface area contributed by atoms with E-state index in [-0.39, 0.29) is 6.61 Å². The number of aliphatic carboxylic acids is 1. The lowest BCUT2D eigenvalue weighted by atomic mass is 10.0. The third-order valence-electron chi connectivity index (χ3n) is 4.97. The van der Waals surface area contributed by atoms with Crippen molar-refractivity contribution >= 4 is 13.8 Å². The van der Waals surface area contributed by atoms with Gasteiger partial charge in [0.15, 0.2) is 0 Å². The molecule has 0 aromatic carbocycles. The van der Waals surface area contributed by atoms with Crippen molar-refractivity contribution in [1.29, 1.82) is 0 Å². The zero-order valence-electron chi connectivity index (χ0n) is 18.3.